The van der Waals surface area contributed by atoms with E-state index < -0.39 is 0 Å². The van der Waals surface area contributed by atoms with Crippen LogP contribution < -0.4 is 14.4 Å². The SMILES string of the molecule is O=C(c1ccc(Cn2cccn2)o1)N(C/C=C/c1ccccc1)c1ccc2c(c1)OCCO2. The van der Waals surface area contributed by atoms with E-state index in [1.54, 1.807) is 27.9 Å². The molecule has 0 spiro atoms. The highest BCUT2D eigenvalue weighted by molar-refractivity contribution is 6.04. The van der Waals surface area contributed by atoms with Gasteiger partial charge in [0.05, 0.1) is 6.54 Å². The average molecular weight is 441 g/mol. The van der Waals surface area contributed by atoms with E-state index in [1.807, 2.05) is 72.9 Å². The molecule has 3 heterocycles. The summed E-state index contributed by atoms with van der Waals surface area (Å²) in [7, 11) is 0. The van der Waals surface area contributed by atoms with Crippen LogP contribution in [-0.2, 0) is 6.54 Å². The van der Waals surface area contributed by atoms with Crippen molar-refractivity contribution >= 4 is 17.7 Å². The molecule has 0 atom stereocenters. The molecule has 0 bridgehead atoms. The Hall–Kier alpha value is -4.26. The summed E-state index contributed by atoms with van der Waals surface area (Å²) in [6, 6.07) is 20.8. The smallest absolute Gasteiger partial charge is 0.294 e. The van der Waals surface area contributed by atoms with Gasteiger partial charge in [0.15, 0.2) is 17.3 Å². The van der Waals surface area contributed by atoms with Gasteiger partial charge in [-0.1, -0.05) is 42.5 Å². The molecule has 7 heteroatoms. The molecule has 1 aliphatic heterocycles. The molecule has 0 fully saturated rings. The first-order valence-corrected chi connectivity index (χ1v) is 10.8. The van der Waals surface area contributed by atoms with Crippen molar-refractivity contribution in [3.8, 4) is 11.5 Å². The Morgan fingerprint density at radius 2 is 1.85 bits per heavy atom. The number of aromatic nitrogens is 2. The van der Waals surface area contributed by atoms with Gasteiger partial charge in [0.25, 0.3) is 5.91 Å². The number of carbonyl (C=O) groups is 1. The molecule has 0 radical (unpaired) electrons. The summed E-state index contributed by atoms with van der Waals surface area (Å²) in [6.07, 6.45) is 7.50. The van der Waals surface area contributed by atoms with Crippen LogP contribution >= 0.6 is 0 Å². The van der Waals surface area contributed by atoms with Crippen molar-refractivity contribution in [2.75, 3.05) is 24.7 Å². The monoisotopic (exact) mass is 441 g/mol. The fraction of sp³-hybridized carbons (Fsp3) is 0.154. The molecular weight excluding hydrogens is 418 g/mol. The fourth-order valence-corrected chi connectivity index (χ4v) is 3.63. The summed E-state index contributed by atoms with van der Waals surface area (Å²) in [5, 5.41) is 4.18. The molecule has 166 valence electrons. The maximum absolute atomic E-state index is 13.5. The summed E-state index contributed by atoms with van der Waals surface area (Å²) < 4.78 is 19.0. The number of amides is 1. The second-order valence-corrected chi connectivity index (χ2v) is 7.53. The number of rotatable bonds is 7. The molecule has 1 amide bonds. The maximum Gasteiger partial charge on any atom is 0.294 e. The van der Waals surface area contributed by atoms with Gasteiger partial charge in [0, 0.05) is 30.7 Å². The molecule has 0 saturated heterocycles. The lowest BCUT2D eigenvalue weighted by Gasteiger charge is -2.24. The number of nitrogens with zero attached hydrogens (tertiary/aromatic N) is 3. The summed E-state index contributed by atoms with van der Waals surface area (Å²) in [5.74, 6) is 1.99. The molecule has 33 heavy (non-hydrogen) atoms. The third-order valence-corrected chi connectivity index (χ3v) is 5.23. The second kappa shape index (κ2) is 9.48. The fourth-order valence-electron chi connectivity index (χ4n) is 3.63. The Bertz CT molecular complexity index is 1250. The first-order chi connectivity index (χ1) is 16.3. The van der Waals surface area contributed by atoms with E-state index in [4.69, 9.17) is 13.9 Å². The quantitative estimate of drug-likeness (QED) is 0.417. The Kier molecular flexibility index (Phi) is 5.93. The Morgan fingerprint density at radius 1 is 1.00 bits per heavy atom. The first-order valence-electron chi connectivity index (χ1n) is 10.8. The van der Waals surface area contributed by atoms with Crippen molar-refractivity contribution in [3.05, 3.63) is 102 Å². The van der Waals surface area contributed by atoms with E-state index in [2.05, 4.69) is 5.10 Å². The van der Waals surface area contributed by atoms with Gasteiger partial charge in [-0.05, 0) is 35.9 Å². The third-order valence-electron chi connectivity index (χ3n) is 5.23. The van der Waals surface area contributed by atoms with E-state index in [9.17, 15) is 4.79 Å². The van der Waals surface area contributed by atoms with Gasteiger partial charge in [-0.25, -0.2) is 0 Å². The first kappa shape index (κ1) is 20.6. The lowest BCUT2D eigenvalue weighted by atomic mass is 10.2. The number of benzene rings is 2. The van der Waals surface area contributed by atoms with Gasteiger partial charge in [-0.15, -0.1) is 0 Å². The maximum atomic E-state index is 13.5. The van der Waals surface area contributed by atoms with Crippen LogP contribution in [0.2, 0.25) is 0 Å². The van der Waals surface area contributed by atoms with Crippen molar-refractivity contribution in [2.45, 2.75) is 6.54 Å². The number of anilines is 1. The molecular formula is C26H23N3O4. The molecule has 7 nitrogen and oxygen atoms in total. The van der Waals surface area contributed by atoms with E-state index in [0.717, 1.165) is 5.56 Å². The number of furan rings is 1. The lowest BCUT2D eigenvalue weighted by Crippen LogP contribution is -2.31. The van der Waals surface area contributed by atoms with Crippen LogP contribution in [0.3, 0.4) is 0 Å². The van der Waals surface area contributed by atoms with Crippen molar-refractivity contribution in [1.82, 2.24) is 9.78 Å². The molecule has 2 aromatic heterocycles. The van der Waals surface area contributed by atoms with Crippen LogP contribution in [0.15, 0.2) is 89.6 Å². The zero-order chi connectivity index (χ0) is 22.5. The van der Waals surface area contributed by atoms with E-state index in [1.165, 1.54) is 0 Å². The van der Waals surface area contributed by atoms with Crippen molar-refractivity contribution in [2.24, 2.45) is 0 Å². The van der Waals surface area contributed by atoms with Crippen LogP contribution in [0.5, 0.6) is 11.5 Å². The molecule has 0 N–H and O–H groups in total. The topological polar surface area (TPSA) is 69.7 Å². The zero-order valence-corrected chi connectivity index (χ0v) is 18.0. The van der Waals surface area contributed by atoms with Gasteiger partial charge in [-0.3, -0.25) is 9.48 Å². The van der Waals surface area contributed by atoms with Gasteiger partial charge < -0.3 is 18.8 Å². The molecule has 0 saturated carbocycles. The predicted molar refractivity (Wildman–Crippen MR) is 125 cm³/mol. The molecule has 1 aliphatic rings. The van der Waals surface area contributed by atoms with E-state index in [0.29, 0.717) is 49.2 Å². The molecule has 5 rings (SSSR count). The molecule has 0 aliphatic carbocycles. The van der Waals surface area contributed by atoms with E-state index >= 15 is 0 Å². The Morgan fingerprint density at radius 3 is 2.67 bits per heavy atom. The van der Waals surface area contributed by atoms with Crippen molar-refractivity contribution in [3.63, 3.8) is 0 Å². The highest BCUT2D eigenvalue weighted by Gasteiger charge is 2.22. The highest BCUT2D eigenvalue weighted by atomic mass is 16.6. The minimum Gasteiger partial charge on any atom is -0.486 e. The second-order valence-electron chi connectivity index (χ2n) is 7.53. The Labute approximate surface area is 191 Å². The normalized spacial score (nSPS) is 12.7. The van der Waals surface area contributed by atoms with Crippen molar-refractivity contribution < 1.29 is 18.7 Å². The number of carbonyl (C=O) groups excluding carboxylic acids is 1. The summed E-state index contributed by atoms with van der Waals surface area (Å²) in [4.78, 5) is 15.1. The largest absolute Gasteiger partial charge is 0.486 e. The minimum atomic E-state index is -0.240. The lowest BCUT2D eigenvalue weighted by molar-refractivity contribution is 0.0961. The highest BCUT2D eigenvalue weighted by Crippen LogP contribution is 2.34. The van der Waals surface area contributed by atoms with Crippen LogP contribution in [-0.4, -0.2) is 35.4 Å². The van der Waals surface area contributed by atoms with Gasteiger partial charge in [-0.2, -0.15) is 5.10 Å². The molecule has 0 unspecified atom stereocenters. The van der Waals surface area contributed by atoms with Gasteiger partial charge in [0.1, 0.15) is 19.0 Å². The zero-order valence-electron chi connectivity index (χ0n) is 18.0. The van der Waals surface area contributed by atoms with Gasteiger partial charge >= 0.3 is 0 Å². The van der Waals surface area contributed by atoms with Crippen LogP contribution in [0.1, 0.15) is 21.9 Å². The molecule has 2 aromatic carbocycles. The number of hydrogen-bond donors (Lipinski definition) is 0. The standard InChI is InChI=1S/C26H23N3O4/c30-26(24-12-10-22(33-24)19-28-14-5-13-27-28)29(15-4-8-20-6-2-1-3-7-20)21-9-11-23-25(18-21)32-17-16-31-23/h1-14,18H,15-17,19H2/b8-4+. The number of fused-ring (bicyclic) bond motifs is 1. The summed E-state index contributed by atoms with van der Waals surface area (Å²) >= 11 is 0. The average Bonchev–Trinajstić information content (AvgIpc) is 3.55. The van der Waals surface area contributed by atoms with Crippen LogP contribution in [0, 0.1) is 0 Å². The third kappa shape index (κ3) is 4.82. The van der Waals surface area contributed by atoms with E-state index in [-0.39, 0.29) is 11.7 Å². The predicted octanol–water partition coefficient (Wildman–Crippen LogP) is 4.66. The molecule has 4 aromatic rings. The number of hydrogen-bond acceptors (Lipinski definition) is 5. The van der Waals surface area contributed by atoms with Crippen molar-refractivity contribution in [1.29, 1.82) is 0 Å². The Balaban J connectivity index is 1.41. The summed E-state index contributed by atoms with van der Waals surface area (Å²) in [6.45, 7) is 1.81. The minimum absolute atomic E-state index is 0.240. The number of ether oxygens (including phenoxy) is 2. The van der Waals surface area contributed by atoms with Gasteiger partial charge in [0.2, 0.25) is 0 Å². The van der Waals surface area contributed by atoms with Crippen LogP contribution in [0.25, 0.3) is 6.08 Å². The van der Waals surface area contributed by atoms with Crippen LogP contribution in [0.4, 0.5) is 5.69 Å². The summed E-state index contributed by atoms with van der Waals surface area (Å²) in [5.41, 5.74) is 1.76.